The van der Waals surface area contributed by atoms with Crippen LogP contribution in [0.5, 0.6) is 0 Å². The third kappa shape index (κ3) is 3.33. The van der Waals surface area contributed by atoms with Gasteiger partial charge in [-0.05, 0) is 35.7 Å². The average molecular weight is 272 g/mol. The molecule has 0 aliphatic heterocycles. The second-order valence-electron chi connectivity index (χ2n) is 4.58. The lowest BCUT2D eigenvalue weighted by molar-refractivity contribution is -0.384. The van der Waals surface area contributed by atoms with Crippen molar-refractivity contribution in [3.8, 4) is 0 Å². The lowest BCUT2D eigenvalue weighted by Gasteiger charge is -2.10. The maximum absolute atomic E-state index is 10.7. The monoisotopic (exact) mass is 272 g/mol. The van der Waals surface area contributed by atoms with Gasteiger partial charge >= 0.3 is 0 Å². The standard InChI is InChI=1S/C15H16N2O3/c1-11-7-15(17(19)20)6-5-13(11)9-16-14-4-2-3-12(8-14)10-18/h2-8,16,18H,9-10H2,1H3. The van der Waals surface area contributed by atoms with Crippen molar-refractivity contribution >= 4 is 11.4 Å². The van der Waals surface area contributed by atoms with Crippen LogP contribution < -0.4 is 5.32 Å². The van der Waals surface area contributed by atoms with E-state index >= 15 is 0 Å². The molecule has 5 heteroatoms. The van der Waals surface area contributed by atoms with Crippen molar-refractivity contribution in [2.45, 2.75) is 20.1 Å². The van der Waals surface area contributed by atoms with Gasteiger partial charge in [0.15, 0.2) is 0 Å². The predicted molar refractivity (Wildman–Crippen MR) is 77.5 cm³/mol. The third-order valence-electron chi connectivity index (χ3n) is 3.13. The molecule has 20 heavy (non-hydrogen) atoms. The Hall–Kier alpha value is -2.40. The molecule has 0 bridgehead atoms. The molecule has 104 valence electrons. The first-order valence-electron chi connectivity index (χ1n) is 6.28. The van der Waals surface area contributed by atoms with Gasteiger partial charge in [-0.3, -0.25) is 10.1 Å². The fourth-order valence-electron chi connectivity index (χ4n) is 1.97. The van der Waals surface area contributed by atoms with E-state index in [1.165, 1.54) is 6.07 Å². The molecule has 0 unspecified atom stereocenters. The van der Waals surface area contributed by atoms with Gasteiger partial charge in [0.25, 0.3) is 5.69 Å². The van der Waals surface area contributed by atoms with E-state index in [1.807, 2.05) is 31.2 Å². The molecule has 0 fully saturated rings. The van der Waals surface area contributed by atoms with Crippen LogP contribution in [0.1, 0.15) is 16.7 Å². The molecule has 0 atom stereocenters. The minimum atomic E-state index is -0.394. The molecule has 0 amide bonds. The van der Waals surface area contributed by atoms with Crippen molar-refractivity contribution in [3.63, 3.8) is 0 Å². The van der Waals surface area contributed by atoms with Gasteiger partial charge in [0.1, 0.15) is 0 Å². The molecule has 2 aromatic carbocycles. The largest absolute Gasteiger partial charge is 0.392 e. The number of non-ortho nitro benzene ring substituents is 1. The van der Waals surface area contributed by atoms with Crippen LogP contribution in [0.4, 0.5) is 11.4 Å². The van der Waals surface area contributed by atoms with E-state index in [9.17, 15) is 10.1 Å². The highest BCUT2D eigenvalue weighted by Gasteiger charge is 2.07. The zero-order valence-corrected chi connectivity index (χ0v) is 11.2. The van der Waals surface area contributed by atoms with Gasteiger partial charge in [0.2, 0.25) is 0 Å². The zero-order chi connectivity index (χ0) is 14.5. The maximum Gasteiger partial charge on any atom is 0.269 e. The number of hydrogen-bond donors (Lipinski definition) is 2. The van der Waals surface area contributed by atoms with Crippen molar-refractivity contribution in [1.29, 1.82) is 0 Å². The van der Waals surface area contributed by atoms with Crippen molar-refractivity contribution in [1.82, 2.24) is 0 Å². The molecule has 2 aromatic rings. The van der Waals surface area contributed by atoms with Gasteiger partial charge < -0.3 is 10.4 Å². The quantitative estimate of drug-likeness (QED) is 0.648. The van der Waals surface area contributed by atoms with Crippen LogP contribution in [0, 0.1) is 17.0 Å². The van der Waals surface area contributed by atoms with Gasteiger partial charge in [-0.15, -0.1) is 0 Å². The molecule has 2 N–H and O–H groups in total. The molecular formula is C15H16N2O3. The lowest BCUT2D eigenvalue weighted by atomic mass is 10.1. The van der Waals surface area contributed by atoms with Crippen LogP contribution in [-0.2, 0) is 13.2 Å². The van der Waals surface area contributed by atoms with Crippen LogP contribution >= 0.6 is 0 Å². The van der Waals surface area contributed by atoms with E-state index < -0.39 is 4.92 Å². The third-order valence-corrected chi connectivity index (χ3v) is 3.13. The zero-order valence-electron chi connectivity index (χ0n) is 11.2. The Bertz CT molecular complexity index is 626. The number of benzene rings is 2. The number of aliphatic hydroxyl groups is 1. The summed E-state index contributed by atoms with van der Waals surface area (Å²) in [4.78, 5) is 10.3. The molecule has 0 radical (unpaired) electrons. The van der Waals surface area contributed by atoms with Gasteiger partial charge in [-0.25, -0.2) is 0 Å². The SMILES string of the molecule is Cc1cc([N+](=O)[O-])ccc1CNc1cccc(CO)c1. The number of aryl methyl sites for hydroxylation is 1. The highest BCUT2D eigenvalue weighted by molar-refractivity contribution is 5.47. The summed E-state index contributed by atoms with van der Waals surface area (Å²) in [5.74, 6) is 0. The molecule has 0 aliphatic rings. The van der Waals surface area contributed by atoms with Crippen molar-refractivity contribution in [3.05, 3.63) is 69.3 Å². The topological polar surface area (TPSA) is 75.4 Å². The Kier molecular flexibility index (Phi) is 4.32. The summed E-state index contributed by atoms with van der Waals surface area (Å²) in [6, 6.07) is 12.4. The van der Waals surface area contributed by atoms with E-state index in [0.29, 0.717) is 6.54 Å². The highest BCUT2D eigenvalue weighted by atomic mass is 16.6. The highest BCUT2D eigenvalue weighted by Crippen LogP contribution is 2.19. The second-order valence-corrected chi connectivity index (χ2v) is 4.58. The van der Waals surface area contributed by atoms with Crippen molar-refractivity contribution in [2.75, 3.05) is 5.32 Å². The molecule has 2 rings (SSSR count). The van der Waals surface area contributed by atoms with Crippen molar-refractivity contribution in [2.24, 2.45) is 0 Å². The number of nitrogens with one attached hydrogen (secondary N) is 1. The summed E-state index contributed by atoms with van der Waals surface area (Å²) in [6.45, 7) is 2.44. The summed E-state index contributed by atoms with van der Waals surface area (Å²) in [6.07, 6.45) is 0. The number of aliphatic hydroxyl groups excluding tert-OH is 1. The average Bonchev–Trinajstić information content (AvgIpc) is 2.46. The normalized spacial score (nSPS) is 10.3. The van der Waals surface area contributed by atoms with Gasteiger partial charge in [-0.1, -0.05) is 18.2 Å². The Morgan fingerprint density at radius 3 is 2.70 bits per heavy atom. The molecule has 0 heterocycles. The van der Waals surface area contributed by atoms with Crippen molar-refractivity contribution < 1.29 is 10.0 Å². The van der Waals surface area contributed by atoms with E-state index in [0.717, 1.165) is 22.4 Å². The molecule has 0 spiro atoms. The minimum Gasteiger partial charge on any atom is -0.392 e. The van der Waals surface area contributed by atoms with Gasteiger partial charge in [-0.2, -0.15) is 0 Å². The van der Waals surface area contributed by atoms with Crippen LogP contribution in [0.25, 0.3) is 0 Å². The summed E-state index contributed by atoms with van der Waals surface area (Å²) >= 11 is 0. The summed E-state index contributed by atoms with van der Waals surface area (Å²) in [5, 5.41) is 23.0. The number of anilines is 1. The Balaban J connectivity index is 2.08. The van der Waals surface area contributed by atoms with Crippen LogP contribution in [-0.4, -0.2) is 10.0 Å². The summed E-state index contributed by atoms with van der Waals surface area (Å²) in [7, 11) is 0. The first kappa shape index (κ1) is 14.0. The first-order chi connectivity index (χ1) is 9.60. The number of nitro groups is 1. The van der Waals surface area contributed by atoms with E-state index in [4.69, 9.17) is 5.11 Å². The number of hydrogen-bond acceptors (Lipinski definition) is 4. The minimum absolute atomic E-state index is 0.00603. The smallest absolute Gasteiger partial charge is 0.269 e. The van der Waals surface area contributed by atoms with Crippen LogP contribution in [0.3, 0.4) is 0 Å². The lowest BCUT2D eigenvalue weighted by Crippen LogP contribution is -2.02. The first-order valence-corrected chi connectivity index (χ1v) is 6.28. The van der Waals surface area contributed by atoms with Gasteiger partial charge in [0, 0.05) is 24.4 Å². The fourth-order valence-corrected chi connectivity index (χ4v) is 1.97. The molecule has 0 saturated heterocycles. The van der Waals surface area contributed by atoms with E-state index in [1.54, 1.807) is 12.1 Å². The molecular weight excluding hydrogens is 256 g/mol. The number of nitrogens with zero attached hydrogens (tertiary/aromatic N) is 1. The Labute approximate surface area is 117 Å². The maximum atomic E-state index is 10.7. The molecule has 0 aliphatic carbocycles. The molecule has 5 nitrogen and oxygen atoms in total. The predicted octanol–water partition coefficient (Wildman–Crippen LogP) is 3.01. The Morgan fingerprint density at radius 2 is 2.05 bits per heavy atom. The molecule has 0 aromatic heterocycles. The van der Waals surface area contributed by atoms with Crippen LogP contribution in [0.15, 0.2) is 42.5 Å². The Morgan fingerprint density at radius 1 is 1.25 bits per heavy atom. The number of rotatable bonds is 5. The summed E-state index contributed by atoms with van der Waals surface area (Å²) in [5.41, 5.74) is 3.74. The summed E-state index contributed by atoms with van der Waals surface area (Å²) < 4.78 is 0. The number of nitro benzene ring substituents is 1. The van der Waals surface area contributed by atoms with E-state index in [-0.39, 0.29) is 12.3 Å². The molecule has 0 saturated carbocycles. The second kappa shape index (κ2) is 6.16. The fraction of sp³-hybridized carbons (Fsp3) is 0.200. The van der Waals surface area contributed by atoms with Crippen LogP contribution in [0.2, 0.25) is 0 Å². The van der Waals surface area contributed by atoms with E-state index in [2.05, 4.69) is 5.32 Å². The van der Waals surface area contributed by atoms with Gasteiger partial charge in [0.05, 0.1) is 11.5 Å².